The molecule has 1 saturated carbocycles. The number of aliphatic hydroxyl groups is 1. The van der Waals surface area contributed by atoms with Crippen LogP contribution in [0, 0.1) is 23.7 Å². The first-order valence-electron chi connectivity index (χ1n) is 10.2. The number of allylic oxidation sites excluding steroid dienone is 1. The molecule has 0 unspecified atom stereocenters. The van der Waals surface area contributed by atoms with Crippen molar-refractivity contribution in [1.82, 2.24) is 0 Å². The Balaban J connectivity index is 1.76. The van der Waals surface area contributed by atoms with E-state index in [0.717, 1.165) is 16.9 Å². The molecule has 0 aromatic heterocycles. The van der Waals surface area contributed by atoms with Gasteiger partial charge in [0.1, 0.15) is 11.9 Å². The summed E-state index contributed by atoms with van der Waals surface area (Å²) in [6.07, 6.45) is 5.14. The molecule has 0 amide bonds. The van der Waals surface area contributed by atoms with Gasteiger partial charge in [-0.15, -0.1) is 11.8 Å². The highest BCUT2D eigenvalue weighted by Crippen LogP contribution is 2.52. The predicted molar refractivity (Wildman–Crippen MR) is 110 cm³/mol. The van der Waals surface area contributed by atoms with Gasteiger partial charge in [0.25, 0.3) is 0 Å². The first-order valence-corrected chi connectivity index (χ1v) is 10.2. The van der Waals surface area contributed by atoms with Crippen LogP contribution < -0.4 is 4.74 Å². The maximum Gasteiger partial charge on any atom is 0.303 e. The van der Waals surface area contributed by atoms with E-state index in [4.69, 9.17) is 9.84 Å². The minimum Gasteiger partial charge on any atom is -0.489 e. The summed E-state index contributed by atoms with van der Waals surface area (Å²) in [5.41, 5.74) is 2.06. The van der Waals surface area contributed by atoms with Gasteiger partial charge in [0.2, 0.25) is 0 Å². The fourth-order valence-electron chi connectivity index (χ4n) is 4.32. The lowest BCUT2D eigenvalue weighted by atomic mass is 9.86. The van der Waals surface area contributed by atoms with Gasteiger partial charge in [-0.2, -0.15) is 0 Å². The Labute approximate surface area is 171 Å². The molecule has 5 atom stereocenters. The highest BCUT2D eigenvalue weighted by atomic mass is 16.5. The second-order valence-corrected chi connectivity index (χ2v) is 7.94. The summed E-state index contributed by atoms with van der Waals surface area (Å²) < 4.78 is 6.18. The number of aryl methyl sites for hydroxylation is 1. The van der Waals surface area contributed by atoms with Crippen molar-refractivity contribution in [1.29, 1.82) is 0 Å². The van der Waals surface area contributed by atoms with Crippen LogP contribution >= 0.6 is 0 Å². The van der Waals surface area contributed by atoms with Crippen molar-refractivity contribution in [2.75, 3.05) is 0 Å². The molecule has 1 aromatic rings. The predicted octanol–water partition coefficient (Wildman–Crippen LogP) is 3.49. The van der Waals surface area contributed by atoms with E-state index >= 15 is 0 Å². The molecule has 2 aliphatic rings. The van der Waals surface area contributed by atoms with E-state index in [-0.39, 0.29) is 36.1 Å². The fraction of sp³-hybridized carbons (Fsp3) is 0.500. The maximum absolute atomic E-state index is 12.4. The van der Waals surface area contributed by atoms with Gasteiger partial charge in [0, 0.05) is 42.6 Å². The summed E-state index contributed by atoms with van der Waals surface area (Å²) in [6.45, 7) is 3.62. The van der Waals surface area contributed by atoms with Gasteiger partial charge in [-0.25, -0.2) is 0 Å². The third-order valence-electron chi connectivity index (χ3n) is 5.88. The molecular formula is C24H28O5. The lowest BCUT2D eigenvalue weighted by Crippen LogP contribution is -2.17. The first kappa shape index (κ1) is 21.1. The molecule has 29 heavy (non-hydrogen) atoms. The minimum atomic E-state index is -0.799. The van der Waals surface area contributed by atoms with Crippen LogP contribution in [0.1, 0.15) is 56.6 Å². The zero-order valence-electron chi connectivity index (χ0n) is 16.9. The largest absolute Gasteiger partial charge is 0.489 e. The number of carboxylic acid groups (broad SMARTS) is 1. The van der Waals surface area contributed by atoms with E-state index < -0.39 is 12.1 Å². The van der Waals surface area contributed by atoms with E-state index in [2.05, 4.69) is 11.8 Å². The van der Waals surface area contributed by atoms with Gasteiger partial charge in [-0.1, -0.05) is 31.2 Å². The van der Waals surface area contributed by atoms with Gasteiger partial charge >= 0.3 is 5.97 Å². The zero-order chi connectivity index (χ0) is 21.0. The second kappa shape index (κ2) is 9.28. The van der Waals surface area contributed by atoms with Crippen molar-refractivity contribution in [2.45, 2.75) is 64.1 Å². The van der Waals surface area contributed by atoms with Crippen LogP contribution in [-0.2, 0) is 16.0 Å². The lowest BCUT2D eigenvalue weighted by Gasteiger charge is -2.17. The molecule has 0 spiro atoms. The number of carbonyl (C=O) groups excluding carboxylic acids is 1. The molecule has 1 aliphatic carbocycles. The quantitative estimate of drug-likeness (QED) is 0.519. The van der Waals surface area contributed by atoms with Gasteiger partial charge in [0.15, 0.2) is 5.78 Å². The molecule has 1 aliphatic heterocycles. The van der Waals surface area contributed by atoms with Crippen molar-refractivity contribution < 1.29 is 24.5 Å². The van der Waals surface area contributed by atoms with Crippen LogP contribution in [0.25, 0.3) is 0 Å². The average Bonchev–Trinajstić information content (AvgIpc) is 3.19. The highest BCUT2D eigenvalue weighted by Gasteiger charge is 2.48. The second-order valence-electron chi connectivity index (χ2n) is 7.94. The fourth-order valence-corrected chi connectivity index (χ4v) is 4.32. The summed E-state index contributed by atoms with van der Waals surface area (Å²) in [5.74, 6) is 5.46. The molecule has 1 aromatic carbocycles. The van der Waals surface area contributed by atoms with Gasteiger partial charge in [-0.05, 0) is 31.4 Å². The van der Waals surface area contributed by atoms with E-state index in [1.165, 1.54) is 0 Å². The Morgan fingerprint density at radius 3 is 2.90 bits per heavy atom. The normalized spacial score (nSPS) is 25.6. The highest BCUT2D eigenvalue weighted by molar-refractivity contribution is 5.91. The number of carboxylic acids is 1. The smallest absolute Gasteiger partial charge is 0.303 e. The number of fused-ring (bicyclic) bond motifs is 3. The minimum absolute atomic E-state index is 0.00853. The molecule has 0 saturated heterocycles. The van der Waals surface area contributed by atoms with E-state index in [9.17, 15) is 14.7 Å². The number of aliphatic carboxylic acids is 1. The zero-order valence-corrected chi connectivity index (χ0v) is 16.9. The molecule has 0 radical (unpaired) electrons. The van der Waals surface area contributed by atoms with Crippen LogP contribution in [0.2, 0.25) is 0 Å². The van der Waals surface area contributed by atoms with Gasteiger partial charge in [-0.3, -0.25) is 9.59 Å². The molecule has 3 rings (SSSR count). The third kappa shape index (κ3) is 4.71. The average molecular weight is 396 g/mol. The molecule has 5 nitrogen and oxygen atoms in total. The first-order chi connectivity index (χ1) is 13.9. The molecule has 1 heterocycles. The molecular weight excluding hydrogens is 368 g/mol. The van der Waals surface area contributed by atoms with Gasteiger partial charge in [0.05, 0.1) is 6.10 Å². The summed E-state index contributed by atoms with van der Waals surface area (Å²) in [4.78, 5) is 23.2. The molecule has 1 fully saturated rings. The number of rotatable bonds is 8. The van der Waals surface area contributed by atoms with Crippen molar-refractivity contribution in [3.05, 3.63) is 41.5 Å². The molecule has 2 N–H and O–H groups in total. The number of carbonyl (C=O) groups is 2. The Kier molecular flexibility index (Phi) is 6.76. The van der Waals surface area contributed by atoms with Crippen LogP contribution in [0.3, 0.4) is 0 Å². The Hall–Kier alpha value is -2.58. The van der Waals surface area contributed by atoms with Crippen molar-refractivity contribution in [3.63, 3.8) is 0 Å². The molecule has 154 valence electrons. The summed E-state index contributed by atoms with van der Waals surface area (Å²) in [7, 11) is 0. The number of hydrogen-bond donors (Lipinski definition) is 2. The molecule has 0 bridgehead atoms. The van der Waals surface area contributed by atoms with Crippen LogP contribution in [-0.4, -0.2) is 34.2 Å². The van der Waals surface area contributed by atoms with Crippen LogP contribution in [0.4, 0.5) is 0 Å². The maximum atomic E-state index is 12.4. The van der Waals surface area contributed by atoms with Crippen molar-refractivity contribution >= 4 is 11.8 Å². The Morgan fingerprint density at radius 1 is 1.38 bits per heavy atom. The van der Waals surface area contributed by atoms with Crippen LogP contribution in [0.5, 0.6) is 5.75 Å². The SMILES string of the molecule is CC#CC[C@H](C)C(=O)/C=C/[C@@H]1[C@H]2c3cccc(CCCC(=O)O)c3O[C@H]2C[C@H]1O. The summed E-state index contributed by atoms with van der Waals surface area (Å²) in [6, 6.07) is 5.95. The Bertz CT molecular complexity index is 860. The monoisotopic (exact) mass is 396 g/mol. The van der Waals surface area contributed by atoms with Crippen molar-refractivity contribution in [2.24, 2.45) is 11.8 Å². The number of ether oxygens (including phenoxy) is 1. The number of aliphatic hydroxyl groups excluding tert-OH is 1. The van der Waals surface area contributed by atoms with Crippen LogP contribution in [0.15, 0.2) is 30.4 Å². The Morgan fingerprint density at radius 2 is 2.17 bits per heavy atom. The number of benzene rings is 1. The third-order valence-corrected chi connectivity index (χ3v) is 5.88. The lowest BCUT2D eigenvalue weighted by molar-refractivity contribution is -0.137. The standard InChI is InChI=1S/C24H28O5/c1-3-4-7-15(2)19(25)13-12-17-20(26)14-21-23(17)18-10-5-8-16(24(18)29-21)9-6-11-22(27)28/h5,8,10,12-13,15,17,20-21,23,26H,6-7,9,11,14H2,1-2H3,(H,27,28)/b13-12+/t15-,17-,20+,21-,23-/m0/s1. The van der Waals surface area contributed by atoms with E-state index in [1.54, 1.807) is 13.0 Å². The summed E-state index contributed by atoms with van der Waals surface area (Å²) >= 11 is 0. The van der Waals surface area contributed by atoms with Gasteiger partial charge < -0.3 is 14.9 Å². The van der Waals surface area contributed by atoms with E-state index in [0.29, 0.717) is 25.7 Å². The topological polar surface area (TPSA) is 83.8 Å². The number of hydrogen-bond acceptors (Lipinski definition) is 4. The summed E-state index contributed by atoms with van der Waals surface area (Å²) in [5, 5.41) is 19.4. The van der Waals surface area contributed by atoms with E-state index in [1.807, 2.05) is 31.2 Å². The number of ketones is 1. The number of para-hydroxylation sites is 1. The molecule has 5 heteroatoms. The van der Waals surface area contributed by atoms with Crippen molar-refractivity contribution in [3.8, 4) is 17.6 Å².